The summed E-state index contributed by atoms with van der Waals surface area (Å²) in [5.74, 6) is -0.257. The van der Waals surface area contributed by atoms with Crippen LogP contribution in [0, 0.1) is 17.2 Å². The smallest absolute Gasteiger partial charge is 0.419 e. The molecule has 18 heteroatoms. The number of amides is 4. The van der Waals surface area contributed by atoms with Crippen molar-refractivity contribution in [2.24, 2.45) is 5.92 Å². The van der Waals surface area contributed by atoms with Crippen LogP contribution in [-0.4, -0.2) is 75.4 Å². The zero-order valence-electron chi connectivity index (χ0n) is 33.2. The molecule has 3 N–H and O–H groups in total. The number of anilines is 4. The topological polar surface area (TPSA) is 160 Å². The second-order valence-corrected chi connectivity index (χ2v) is 16.9. The third-order valence-electron chi connectivity index (χ3n) is 11.8. The van der Waals surface area contributed by atoms with Crippen LogP contribution in [0.3, 0.4) is 0 Å². The summed E-state index contributed by atoms with van der Waals surface area (Å²) in [6.07, 6.45) is 1.51. The number of imide groups is 1. The molecule has 7 rings (SSSR count). The van der Waals surface area contributed by atoms with Crippen LogP contribution in [0.5, 0.6) is 5.75 Å². The Bertz CT molecular complexity index is 2290. The first-order valence-corrected chi connectivity index (χ1v) is 20.6. The molecule has 1 saturated carbocycles. The van der Waals surface area contributed by atoms with E-state index in [9.17, 15) is 37.6 Å². The molecular weight excluding hydrogens is 821 g/mol. The van der Waals surface area contributed by atoms with Crippen molar-refractivity contribution in [3.05, 3.63) is 70.5 Å². The van der Waals surface area contributed by atoms with Crippen LogP contribution in [0.1, 0.15) is 82.5 Å². The van der Waals surface area contributed by atoms with Gasteiger partial charge in [-0.1, -0.05) is 18.5 Å². The molecule has 13 nitrogen and oxygen atoms in total. The average Bonchev–Trinajstić information content (AvgIpc) is 3.99. The van der Waals surface area contributed by atoms with E-state index in [1.165, 1.54) is 6.07 Å². The Balaban J connectivity index is 0.932. The molecule has 4 fully saturated rings. The molecule has 4 heterocycles. The molecule has 3 aliphatic heterocycles. The van der Waals surface area contributed by atoms with Gasteiger partial charge in [0.25, 0.3) is 5.91 Å². The number of ether oxygens (including phenoxy) is 1. The lowest BCUT2D eigenvalue weighted by Gasteiger charge is -2.37. The van der Waals surface area contributed by atoms with E-state index in [2.05, 4.69) is 25.8 Å². The minimum absolute atomic E-state index is 0.0184. The highest BCUT2D eigenvalue weighted by Crippen LogP contribution is 2.45. The van der Waals surface area contributed by atoms with Gasteiger partial charge in [0.2, 0.25) is 17.7 Å². The quantitative estimate of drug-likeness (QED) is 0.128. The van der Waals surface area contributed by atoms with Gasteiger partial charge in [-0.25, -0.2) is 4.98 Å². The van der Waals surface area contributed by atoms with Gasteiger partial charge in [0.05, 0.1) is 24.1 Å². The van der Waals surface area contributed by atoms with E-state index in [4.69, 9.17) is 28.6 Å². The Kier molecular flexibility index (Phi) is 11.9. The number of hydrogen-bond donors (Lipinski definition) is 3. The highest BCUT2D eigenvalue weighted by atomic mass is 35.5. The molecule has 0 spiro atoms. The van der Waals surface area contributed by atoms with Gasteiger partial charge in [0, 0.05) is 28.5 Å². The molecule has 0 radical (unpaired) electrons. The summed E-state index contributed by atoms with van der Waals surface area (Å²) < 4.78 is 47.6. The van der Waals surface area contributed by atoms with Gasteiger partial charge in [-0.05, 0) is 138 Å². The zero-order chi connectivity index (χ0) is 43.1. The molecule has 1 unspecified atom stereocenters. The number of aryl methyl sites for hydroxylation is 1. The fourth-order valence-corrected chi connectivity index (χ4v) is 9.03. The maximum absolute atomic E-state index is 13.8. The van der Waals surface area contributed by atoms with Crippen LogP contribution in [0.15, 0.2) is 48.7 Å². The summed E-state index contributed by atoms with van der Waals surface area (Å²) in [6.45, 7) is 7.26. The van der Waals surface area contributed by atoms with Gasteiger partial charge in [-0.2, -0.15) is 18.4 Å². The number of aromatic nitrogens is 1. The Hall–Kier alpha value is -5.31. The van der Waals surface area contributed by atoms with Crippen LogP contribution in [-0.2, 0) is 31.8 Å². The van der Waals surface area contributed by atoms with Gasteiger partial charge < -0.3 is 20.3 Å². The number of nitriles is 1. The summed E-state index contributed by atoms with van der Waals surface area (Å²) in [5, 5.41) is 18.1. The second kappa shape index (κ2) is 16.6. The highest BCUT2D eigenvalue weighted by Gasteiger charge is 2.55. The van der Waals surface area contributed by atoms with Crippen LogP contribution < -0.4 is 30.5 Å². The van der Waals surface area contributed by atoms with Crippen molar-refractivity contribution in [2.45, 2.75) is 95.4 Å². The normalized spacial score (nSPS) is 20.5. The number of carbonyl (C=O) groups excluding carboxylic acids is 4. The number of rotatable bonds is 12. The molecule has 3 saturated heterocycles. The third kappa shape index (κ3) is 8.50. The largest absolute Gasteiger partial charge is 0.493 e. The van der Waals surface area contributed by atoms with Crippen molar-refractivity contribution in [1.29, 1.82) is 5.26 Å². The molecule has 2 aromatic carbocycles. The number of thiocarbonyl (C=S) groups is 1. The first kappa shape index (κ1) is 42.8. The average molecular weight is 865 g/mol. The number of hydrogen-bond acceptors (Lipinski definition) is 10. The fourth-order valence-electron chi connectivity index (χ4n) is 8.27. The van der Waals surface area contributed by atoms with Gasteiger partial charge >= 0.3 is 6.18 Å². The lowest BCUT2D eigenvalue weighted by atomic mass is 9.92. The standard InChI is InChI=1S/C42H44ClF3N8O5S/c1-4-25-17-29(54-39(60)53(38(58)40(54,2)3)30-21-31(42(44,45)46)33(22-47)48-23-30)5-7-34(25)59-16-11-24-9-14-52(15-10-24)41(12-13-41)37(57)50-28-19-26(43)18-27(20-28)49-32-6-8-35(55)51-36(32)56/h5,7,17-21,23-24,32,49H,4,6,8-16H2,1-3H3,(H,50,57)(H,51,55,56). The third-order valence-corrected chi connectivity index (χ3v) is 12.4. The monoisotopic (exact) mass is 864 g/mol. The van der Waals surface area contributed by atoms with Crippen LogP contribution in [0.2, 0.25) is 5.02 Å². The van der Waals surface area contributed by atoms with E-state index in [1.54, 1.807) is 43.0 Å². The molecule has 4 aliphatic rings. The Labute approximate surface area is 355 Å². The number of pyridine rings is 1. The van der Waals surface area contributed by atoms with Crippen molar-refractivity contribution in [2.75, 3.05) is 40.1 Å². The minimum Gasteiger partial charge on any atom is -0.493 e. The van der Waals surface area contributed by atoms with Crippen LogP contribution in [0.25, 0.3) is 0 Å². The molecule has 60 heavy (non-hydrogen) atoms. The lowest BCUT2D eigenvalue weighted by Crippen LogP contribution is -2.50. The maximum Gasteiger partial charge on any atom is 0.419 e. The molecule has 1 atom stereocenters. The van der Waals surface area contributed by atoms with Gasteiger partial charge in [0.1, 0.15) is 28.9 Å². The summed E-state index contributed by atoms with van der Waals surface area (Å²) in [6, 6.07) is 12.1. The summed E-state index contributed by atoms with van der Waals surface area (Å²) in [5.41, 5.74) is -1.53. The SMILES string of the molecule is CCc1cc(N2C(=S)N(c3cnc(C#N)c(C(F)(F)F)c3)C(=O)C2(C)C)ccc1OCCC1CCN(C2(C(=O)Nc3cc(Cl)cc(NC4CCC(=O)NC4=O)c3)CC2)CC1. The first-order valence-electron chi connectivity index (χ1n) is 19.8. The number of nitrogens with zero attached hydrogens (tertiary/aromatic N) is 5. The van der Waals surface area contributed by atoms with Gasteiger partial charge in [-0.3, -0.25) is 34.3 Å². The molecule has 1 aliphatic carbocycles. The van der Waals surface area contributed by atoms with E-state index < -0.39 is 46.4 Å². The molecule has 316 valence electrons. The van der Waals surface area contributed by atoms with Crippen molar-refractivity contribution in [3.8, 4) is 11.8 Å². The van der Waals surface area contributed by atoms with E-state index in [0.717, 1.165) is 67.9 Å². The first-order chi connectivity index (χ1) is 28.4. The number of nitrogens with one attached hydrogen (secondary N) is 3. The molecule has 0 bridgehead atoms. The number of alkyl halides is 3. The number of halogens is 4. The molecular formula is C42H44ClF3N8O5S. The molecule has 4 amide bonds. The zero-order valence-corrected chi connectivity index (χ0v) is 34.8. The Morgan fingerprint density at radius 3 is 2.43 bits per heavy atom. The predicted octanol–water partition coefficient (Wildman–Crippen LogP) is 6.97. The maximum atomic E-state index is 13.8. The molecule has 1 aromatic heterocycles. The van der Waals surface area contributed by atoms with E-state index >= 15 is 0 Å². The van der Waals surface area contributed by atoms with E-state index in [-0.39, 0.29) is 29.0 Å². The lowest BCUT2D eigenvalue weighted by molar-refractivity contribution is -0.138. The Morgan fingerprint density at radius 1 is 1.07 bits per heavy atom. The van der Waals surface area contributed by atoms with E-state index in [0.29, 0.717) is 53.2 Å². The second-order valence-electron chi connectivity index (χ2n) is 16.1. The van der Waals surface area contributed by atoms with Crippen molar-refractivity contribution >= 4 is 75.3 Å². The Morgan fingerprint density at radius 2 is 1.78 bits per heavy atom. The predicted molar refractivity (Wildman–Crippen MR) is 223 cm³/mol. The summed E-state index contributed by atoms with van der Waals surface area (Å²) in [7, 11) is 0. The summed E-state index contributed by atoms with van der Waals surface area (Å²) in [4.78, 5) is 59.7. The van der Waals surface area contributed by atoms with Gasteiger partial charge in [0.15, 0.2) is 10.8 Å². The molecule has 3 aromatic rings. The minimum atomic E-state index is -4.86. The highest BCUT2D eigenvalue weighted by molar-refractivity contribution is 7.81. The van der Waals surface area contributed by atoms with E-state index in [1.807, 2.05) is 19.1 Å². The number of carbonyl (C=O) groups is 4. The summed E-state index contributed by atoms with van der Waals surface area (Å²) >= 11 is 12.1. The van der Waals surface area contributed by atoms with Crippen molar-refractivity contribution < 1.29 is 37.1 Å². The van der Waals surface area contributed by atoms with Crippen LogP contribution >= 0.6 is 23.8 Å². The number of benzene rings is 2. The van der Waals surface area contributed by atoms with Crippen molar-refractivity contribution in [1.82, 2.24) is 15.2 Å². The van der Waals surface area contributed by atoms with Crippen molar-refractivity contribution in [3.63, 3.8) is 0 Å². The fraction of sp³-hybridized carbons (Fsp3) is 0.452. The van der Waals surface area contributed by atoms with Crippen LogP contribution in [0.4, 0.5) is 35.9 Å². The van der Waals surface area contributed by atoms with Gasteiger partial charge in [-0.15, -0.1) is 0 Å². The number of likely N-dealkylation sites (tertiary alicyclic amines) is 1. The number of piperidine rings is 2.